The normalized spacial score (nSPS) is 24.6. The summed E-state index contributed by atoms with van der Waals surface area (Å²) >= 11 is 0. The van der Waals surface area contributed by atoms with E-state index in [1.165, 1.54) is 0 Å². The number of rotatable bonds is 2. The molecule has 6 heteroatoms. The predicted molar refractivity (Wildman–Crippen MR) is 71.7 cm³/mol. The first-order chi connectivity index (χ1) is 9.17. The summed E-state index contributed by atoms with van der Waals surface area (Å²) in [7, 11) is -3.56. The van der Waals surface area contributed by atoms with E-state index in [0.29, 0.717) is 18.1 Å². The van der Waals surface area contributed by atoms with Gasteiger partial charge in [0.15, 0.2) is 0 Å². The molecule has 2 aliphatic heterocycles. The van der Waals surface area contributed by atoms with Gasteiger partial charge in [-0.15, -0.1) is 4.40 Å². The number of nitrogens with one attached hydrogen (secondary N) is 1. The van der Waals surface area contributed by atoms with Gasteiger partial charge in [0.25, 0.3) is 10.0 Å². The quantitative estimate of drug-likeness (QED) is 0.882. The second kappa shape index (κ2) is 4.94. The van der Waals surface area contributed by atoms with E-state index in [4.69, 9.17) is 4.74 Å². The maximum absolute atomic E-state index is 11.8. The summed E-state index contributed by atoms with van der Waals surface area (Å²) in [6.45, 7) is 2.48. The van der Waals surface area contributed by atoms with Crippen LogP contribution in [0.25, 0.3) is 0 Å². The zero-order valence-corrected chi connectivity index (χ0v) is 11.3. The molecule has 0 amide bonds. The fourth-order valence-electron chi connectivity index (χ4n) is 2.44. The van der Waals surface area contributed by atoms with Crippen LogP contribution in [0.1, 0.15) is 18.4 Å². The number of hydrogen-bond donors (Lipinski definition) is 1. The highest BCUT2D eigenvalue weighted by atomic mass is 32.2. The summed E-state index contributed by atoms with van der Waals surface area (Å²) in [5, 5.41) is 3.31. The van der Waals surface area contributed by atoms with Gasteiger partial charge in [0.05, 0.1) is 12.2 Å². The van der Waals surface area contributed by atoms with Crippen molar-refractivity contribution in [3.8, 4) is 0 Å². The molecule has 1 fully saturated rings. The fourth-order valence-corrected chi connectivity index (χ4v) is 3.59. The molecule has 0 saturated carbocycles. The third-order valence-electron chi connectivity index (χ3n) is 3.45. The molecule has 1 aromatic rings. The van der Waals surface area contributed by atoms with Crippen LogP contribution in [-0.2, 0) is 14.8 Å². The van der Waals surface area contributed by atoms with Crippen LogP contribution in [0.15, 0.2) is 33.6 Å². The van der Waals surface area contributed by atoms with Crippen molar-refractivity contribution in [2.45, 2.75) is 17.7 Å². The topological polar surface area (TPSA) is 67.8 Å². The van der Waals surface area contributed by atoms with Gasteiger partial charge in [0.1, 0.15) is 4.90 Å². The van der Waals surface area contributed by atoms with Gasteiger partial charge in [0, 0.05) is 12.5 Å². The minimum atomic E-state index is -3.56. The Morgan fingerprint density at radius 1 is 1.37 bits per heavy atom. The molecule has 1 atom stereocenters. The second-order valence-corrected chi connectivity index (χ2v) is 6.46. The molecule has 0 aliphatic carbocycles. The molecule has 0 aromatic heterocycles. The lowest BCUT2D eigenvalue weighted by atomic mass is 10.0. The number of ether oxygens (including phenoxy) is 1. The van der Waals surface area contributed by atoms with Crippen LogP contribution < -0.4 is 5.32 Å². The number of nitrogens with zero attached hydrogens (tertiary/aromatic N) is 1. The fraction of sp³-hybridized carbons (Fsp3) is 0.462. The van der Waals surface area contributed by atoms with Crippen molar-refractivity contribution in [2.24, 2.45) is 10.3 Å². The van der Waals surface area contributed by atoms with Gasteiger partial charge in [-0.2, -0.15) is 8.42 Å². The highest BCUT2D eigenvalue weighted by Crippen LogP contribution is 2.26. The third kappa shape index (κ3) is 2.50. The Morgan fingerprint density at radius 3 is 3.00 bits per heavy atom. The van der Waals surface area contributed by atoms with Gasteiger partial charge in [0.2, 0.25) is 5.90 Å². The zero-order chi connectivity index (χ0) is 13.3. The van der Waals surface area contributed by atoms with Gasteiger partial charge in [-0.05, 0) is 31.5 Å². The molecule has 2 aliphatic rings. The summed E-state index contributed by atoms with van der Waals surface area (Å²) in [4.78, 5) is 0.242. The highest BCUT2D eigenvalue weighted by Gasteiger charge is 2.30. The van der Waals surface area contributed by atoms with Gasteiger partial charge >= 0.3 is 0 Å². The van der Waals surface area contributed by atoms with E-state index in [2.05, 4.69) is 9.71 Å². The largest absolute Gasteiger partial charge is 0.476 e. The Morgan fingerprint density at radius 2 is 2.21 bits per heavy atom. The smallest absolute Gasteiger partial charge is 0.286 e. The van der Waals surface area contributed by atoms with Crippen LogP contribution in [0.5, 0.6) is 0 Å². The minimum absolute atomic E-state index is 0.237. The Kier molecular flexibility index (Phi) is 3.28. The molecule has 1 unspecified atom stereocenters. The lowest BCUT2D eigenvalue weighted by Crippen LogP contribution is -2.32. The van der Waals surface area contributed by atoms with Crippen molar-refractivity contribution in [3.05, 3.63) is 29.8 Å². The molecular weight excluding hydrogens is 264 g/mol. The van der Waals surface area contributed by atoms with Crippen molar-refractivity contribution in [2.75, 3.05) is 19.7 Å². The zero-order valence-electron chi connectivity index (χ0n) is 10.5. The van der Waals surface area contributed by atoms with E-state index in [-0.39, 0.29) is 10.8 Å². The summed E-state index contributed by atoms with van der Waals surface area (Å²) in [6, 6.07) is 6.78. The van der Waals surface area contributed by atoms with Crippen molar-refractivity contribution >= 4 is 15.9 Å². The number of hydrogen-bond acceptors (Lipinski definition) is 4. The van der Waals surface area contributed by atoms with Crippen LogP contribution in [0, 0.1) is 5.92 Å². The van der Waals surface area contributed by atoms with Gasteiger partial charge in [-0.3, -0.25) is 0 Å². The lowest BCUT2D eigenvalue weighted by Gasteiger charge is -2.22. The van der Waals surface area contributed by atoms with Crippen LogP contribution in [0.2, 0.25) is 0 Å². The van der Waals surface area contributed by atoms with E-state index in [9.17, 15) is 8.42 Å². The number of benzene rings is 1. The molecule has 1 N–H and O–H groups in total. The molecule has 2 heterocycles. The molecular formula is C13H16N2O3S. The van der Waals surface area contributed by atoms with Crippen LogP contribution >= 0.6 is 0 Å². The first-order valence-corrected chi connectivity index (χ1v) is 7.89. The minimum Gasteiger partial charge on any atom is -0.476 e. The highest BCUT2D eigenvalue weighted by molar-refractivity contribution is 7.90. The summed E-state index contributed by atoms with van der Waals surface area (Å²) in [5.74, 6) is 0.660. The van der Waals surface area contributed by atoms with E-state index in [1.807, 2.05) is 0 Å². The van der Waals surface area contributed by atoms with Crippen molar-refractivity contribution in [1.82, 2.24) is 5.32 Å². The average molecular weight is 280 g/mol. The predicted octanol–water partition coefficient (Wildman–Crippen LogP) is 1.15. The Hall–Kier alpha value is -1.40. The molecule has 3 rings (SSSR count). The second-order valence-electron chi connectivity index (χ2n) is 4.89. The van der Waals surface area contributed by atoms with E-state index in [0.717, 1.165) is 25.9 Å². The summed E-state index contributed by atoms with van der Waals surface area (Å²) in [6.07, 6.45) is 2.24. The first-order valence-electron chi connectivity index (χ1n) is 6.45. The van der Waals surface area contributed by atoms with Crippen LogP contribution in [-0.4, -0.2) is 34.0 Å². The van der Waals surface area contributed by atoms with Crippen molar-refractivity contribution in [3.63, 3.8) is 0 Å². The molecule has 0 spiro atoms. The molecule has 1 saturated heterocycles. The van der Waals surface area contributed by atoms with Crippen LogP contribution in [0.3, 0.4) is 0 Å². The molecule has 1 aromatic carbocycles. The summed E-state index contributed by atoms with van der Waals surface area (Å²) in [5.41, 5.74) is 0.575. The lowest BCUT2D eigenvalue weighted by molar-refractivity contribution is 0.210. The van der Waals surface area contributed by atoms with Crippen LogP contribution in [0.4, 0.5) is 0 Å². The van der Waals surface area contributed by atoms with Gasteiger partial charge in [-0.25, -0.2) is 0 Å². The Bertz CT molecular complexity index is 604. The standard InChI is InChI=1S/C13H16N2O3S/c16-19(17)12-6-2-1-5-11(12)13(15-19)18-9-10-4-3-7-14-8-10/h1-2,5-6,10,14H,3-4,7-9H2. The van der Waals surface area contributed by atoms with E-state index in [1.54, 1.807) is 24.3 Å². The molecule has 5 nitrogen and oxygen atoms in total. The maximum Gasteiger partial charge on any atom is 0.286 e. The average Bonchev–Trinajstić information content (AvgIpc) is 2.70. The van der Waals surface area contributed by atoms with Crippen molar-refractivity contribution in [1.29, 1.82) is 0 Å². The van der Waals surface area contributed by atoms with E-state index < -0.39 is 10.0 Å². The third-order valence-corrected chi connectivity index (χ3v) is 4.77. The SMILES string of the molecule is O=S1(=O)N=C(OCC2CCCNC2)c2ccccc21. The first kappa shape index (κ1) is 12.6. The summed E-state index contributed by atoms with van der Waals surface area (Å²) < 4.78 is 33.0. The number of sulfonamides is 1. The maximum atomic E-state index is 11.8. The number of piperidine rings is 1. The Labute approximate surface area is 112 Å². The molecule has 19 heavy (non-hydrogen) atoms. The molecule has 102 valence electrons. The number of fused-ring (bicyclic) bond motifs is 1. The Balaban J connectivity index is 1.75. The van der Waals surface area contributed by atoms with Gasteiger partial charge < -0.3 is 10.1 Å². The van der Waals surface area contributed by atoms with Gasteiger partial charge in [-0.1, -0.05) is 12.1 Å². The van der Waals surface area contributed by atoms with E-state index >= 15 is 0 Å². The molecule has 0 radical (unpaired) electrons. The monoisotopic (exact) mass is 280 g/mol. The van der Waals surface area contributed by atoms with Crippen molar-refractivity contribution < 1.29 is 13.2 Å². The molecule has 0 bridgehead atoms.